The van der Waals surface area contributed by atoms with E-state index >= 15 is 0 Å². The average Bonchev–Trinajstić information content (AvgIpc) is 2.77. The zero-order valence-electron chi connectivity index (χ0n) is 14.3. The van der Waals surface area contributed by atoms with Gasteiger partial charge in [0.2, 0.25) is 0 Å². The van der Waals surface area contributed by atoms with E-state index in [4.69, 9.17) is 4.42 Å². The Hall–Kier alpha value is -0.840. The minimum atomic E-state index is 0.485. The molecule has 120 valence electrons. The van der Waals surface area contributed by atoms with Crippen LogP contribution in [0.4, 0.5) is 0 Å². The van der Waals surface area contributed by atoms with E-state index in [9.17, 15) is 0 Å². The zero-order chi connectivity index (χ0) is 15.4. The van der Waals surface area contributed by atoms with Crippen molar-refractivity contribution in [1.29, 1.82) is 0 Å². The molecule has 2 rings (SSSR count). The van der Waals surface area contributed by atoms with Crippen molar-refractivity contribution in [3.8, 4) is 0 Å². The molecule has 1 aliphatic rings. The first-order valence-electron chi connectivity index (χ1n) is 8.16. The molecule has 1 aromatic heterocycles. The number of likely N-dealkylation sites (tertiary alicyclic amines) is 1. The van der Waals surface area contributed by atoms with Gasteiger partial charge in [0.1, 0.15) is 11.5 Å². The minimum Gasteiger partial charge on any atom is -0.465 e. The van der Waals surface area contributed by atoms with Crippen molar-refractivity contribution in [3.05, 3.63) is 23.2 Å². The highest BCUT2D eigenvalue weighted by Crippen LogP contribution is 2.20. The van der Waals surface area contributed by atoms with Gasteiger partial charge >= 0.3 is 0 Å². The molecule has 1 atom stereocenters. The van der Waals surface area contributed by atoms with Crippen molar-refractivity contribution >= 4 is 0 Å². The molecular formula is C17H31N3O. The molecule has 0 bridgehead atoms. The Morgan fingerprint density at radius 2 is 2.24 bits per heavy atom. The summed E-state index contributed by atoms with van der Waals surface area (Å²) in [6, 6.07) is 3.36. The second-order valence-electron chi connectivity index (χ2n) is 6.80. The lowest BCUT2D eigenvalue weighted by Gasteiger charge is -2.35. The van der Waals surface area contributed by atoms with Gasteiger partial charge in [0.25, 0.3) is 0 Å². The normalized spacial score (nSPS) is 20.6. The molecule has 21 heavy (non-hydrogen) atoms. The quantitative estimate of drug-likeness (QED) is 0.874. The van der Waals surface area contributed by atoms with E-state index in [1.165, 1.54) is 31.5 Å². The molecule has 1 saturated heterocycles. The summed E-state index contributed by atoms with van der Waals surface area (Å²) in [4.78, 5) is 4.91. The predicted octanol–water partition coefficient (Wildman–Crippen LogP) is 2.61. The lowest BCUT2D eigenvalue weighted by Crippen LogP contribution is -2.44. The van der Waals surface area contributed by atoms with Gasteiger partial charge in [-0.1, -0.05) is 13.8 Å². The molecule has 1 aliphatic heterocycles. The fraction of sp³-hybridized carbons (Fsp3) is 0.765. The van der Waals surface area contributed by atoms with Crippen LogP contribution in [0.5, 0.6) is 0 Å². The Morgan fingerprint density at radius 1 is 1.48 bits per heavy atom. The highest BCUT2D eigenvalue weighted by atomic mass is 16.3. The number of rotatable bonds is 6. The molecule has 1 fully saturated rings. The van der Waals surface area contributed by atoms with Crippen LogP contribution in [-0.2, 0) is 13.1 Å². The van der Waals surface area contributed by atoms with Gasteiger partial charge in [-0.2, -0.15) is 0 Å². The standard InChI is InChI=1S/C17H31N3O/c1-13(2)18-10-17-9-15(14(3)21-17)11-20(5)16-7-6-8-19(4)12-16/h9,13,16,18H,6-8,10-12H2,1-5H3. The summed E-state index contributed by atoms with van der Waals surface area (Å²) >= 11 is 0. The maximum atomic E-state index is 5.87. The molecule has 1 aromatic rings. The van der Waals surface area contributed by atoms with Crippen molar-refractivity contribution in [2.45, 2.75) is 58.8 Å². The van der Waals surface area contributed by atoms with Crippen LogP contribution >= 0.6 is 0 Å². The van der Waals surface area contributed by atoms with Crippen LogP contribution in [0.25, 0.3) is 0 Å². The van der Waals surface area contributed by atoms with Crippen molar-refractivity contribution in [2.75, 3.05) is 27.2 Å². The summed E-state index contributed by atoms with van der Waals surface area (Å²) in [6.07, 6.45) is 2.61. The predicted molar refractivity (Wildman–Crippen MR) is 87.4 cm³/mol. The Bertz CT molecular complexity index is 441. The third-order valence-electron chi connectivity index (χ3n) is 4.40. The minimum absolute atomic E-state index is 0.485. The largest absolute Gasteiger partial charge is 0.465 e. The molecule has 0 aliphatic carbocycles. The van der Waals surface area contributed by atoms with Crippen LogP contribution in [0.15, 0.2) is 10.5 Å². The summed E-state index contributed by atoms with van der Waals surface area (Å²) in [5.41, 5.74) is 1.33. The molecule has 4 heteroatoms. The van der Waals surface area contributed by atoms with Crippen molar-refractivity contribution in [1.82, 2.24) is 15.1 Å². The highest BCUT2D eigenvalue weighted by molar-refractivity contribution is 5.21. The van der Waals surface area contributed by atoms with E-state index in [-0.39, 0.29) is 0 Å². The summed E-state index contributed by atoms with van der Waals surface area (Å²) in [5, 5.41) is 3.41. The highest BCUT2D eigenvalue weighted by Gasteiger charge is 2.22. The third kappa shape index (κ3) is 4.83. The number of piperidine rings is 1. The van der Waals surface area contributed by atoms with Crippen LogP contribution in [0.3, 0.4) is 0 Å². The zero-order valence-corrected chi connectivity index (χ0v) is 14.3. The van der Waals surface area contributed by atoms with Crippen LogP contribution in [-0.4, -0.2) is 49.1 Å². The van der Waals surface area contributed by atoms with E-state index in [0.717, 1.165) is 24.6 Å². The fourth-order valence-electron chi connectivity index (χ4n) is 3.03. The van der Waals surface area contributed by atoms with Gasteiger partial charge in [-0.25, -0.2) is 0 Å². The number of nitrogens with one attached hydrogen (secondary N) is 1. The summed E-state index contributed by atoms with van der Waals surface area (Å²) < 4.78 is 5.87. The second kappa shape index (κ2) is 7.43. The Kier molecular flexibility index (Phi) is 5.85. The molecule has 0 aromatic carbocycles. The van der Waals surface area contributed by atoms with E-state index < -0.39 is 0 Å². The summed E-state index contributed by atoms with van der Waals surface area (Å²) in [5.74, 6) is 2.11. The van der Waals surface area contributed by atoms with Gasteiger partial charge in [0.15, 0.2) is 0 Å². The molecule has 0 radical (unpaired) electrons. The molecule has 0 spiro atoms. The number of hydrogen-bond acceptors (Lipinski definition) is 4. The fourth-order valence-corrected chi connectivity index (χ4v) is 3.03. The second-order valence-corrected chi connectivity index (χ2v) is 6.80. The first-order chi connectivity index (χ1) is 9.95. The molecule has 4 nitrogen and oxygen atoms in total. The molecule has 2 heterocycles. The Labute approximate surface area is 129 Å². The summed E-state index contributed by atoms with van der Waals surface area (Å²) in [7, 11) is 4.46. The van der Waals surface area contributed by atoms with Crippen molar-refractivity contribution < 1.29 is 4.42 Å². The van der Waals surface area contributed by atoms with Crippen molar-refractivity contribution in [3.63, 3.8) is 0 Å². The van der Waals surface area contributed by atoms with E-state index in [0.29, 0.717) is 12.1 Å². The first kappa shape index (κ1) is 16.5. The first-order valence-corrected chi connectivity index (χ1v) is 8.16. The van der Waals surface area contributed by atoms with Gasteiger partial charge in [-0.15, -0.1) is 0 Å². The van der Waals surface area contributed by atoms with E-state index in [2.05, 4.69) is 56.0 Å². The molecule has 1 unspecified atom stereocenters. The number of furan rings is 1. The van der Waals surface area contributed by atoms with Gasteiger partial charge in [-0.05, 0) is 46.5 Å². The van der Waals surface area contributed by atoms with Crippen LogP contribution in [0, 0.1) is 6.92 Å². The van der Waals surface area contributed by atoms with E-state index in [1.807, 2.05) is 0 Å². The average molecular weight is 293 g/mol. The van der Waals surface area contributed by atoms with Gasteiger partial charge in [-0.3, -0.25) is 4.90 Å². The maximum Gasteiger partial charge on any atom is 0.118 e. The summed E-state index contributed by atoms with van der Waals surface area (Å²) in [6.45, 7) is 10.6. The lowest BCUT2D eigenvalue weighted by atomic mass is 10.0. The SMILES string of the molecule is Cc1oc(CNC(C)C)cc1CN(C)C1CCCN(C)C1. The molecule has 0 saturated carbocycles. The maximum absolute atomic E-state index is 5.87. The van der Waals surface area contributed by atoms with E-state index in [1.54, 1.807) is 0 Å². The molecule has 0 amide bonds. The van der Waals surface area contributed by atoms with Crippen molar-refractivity contribution in [2.24, 2.45) is 0 Å². The van der Waals surface area contributed by atoms with Crippen LogP contribution in [0.1, 0.15) is 43.8 Å². The number of hydrogen-bond donors (Lipinski definition) is 1. The van der Waals surface area contributed by atoms with Crippen LogP contribution in [0.2, 0.25) is 0 Å². The monoisotopic (exact) mass is 293 g/mol. The number of nitrogens with zero attached hydrogens (tertiary/aromatic N) is 2. The van der Waals surface area contributed by atoms with Gasteiger partial charge in [0, 0.05) is 30.7 Å². The Balaban J connectivity index is 1.92. The van der Waals surface area contributed by atoms with Gasteiger partial charge in [0.05, 0.1) is 6.54 Å². The topological polar surface area (TPSA) is 31.7 Å². The number of aryl methyl sites for hydroxylation is 1. The molecule has 1 N–H and O–H groups in total. The smallest absolute Gasteiger partial charge is 0.118 e. The number of likely N-dealkylation sites (N-methyl/N-ethyl adjacent to an activating group) is 2. The third-order valence-corrected chi connectivity index (χ3v) is 4.40. The molecular weight excluding hydrogens is 262 g/mol. The Morgan fingerprint density at radius 3 is 2.90 bits per heavy atom. The lowest BCUT2D eigenvalue weighted by molar-refractivity contribution is 0.129. The van der Waals surface area contributed by atoms with Crippen LogP contribution < -0.4 is 5.32 Å². The van der Waals surface area contributed by atoms with Gasteiger partial charge < -0.3 is 14.6 Å².